The first-order valence-electron chi connectivity index (χ1n) is 7.00. The molecule has 0 fully saturated rings. The van der Waals surface area contributed by atoms with E-state index in [9.17, 15) is 14.7 Å². The topological polar surface area (TPSA) is 125 Å². The van der Waals surface area contributed by atoms with Gasteiger partial charge in [-0.05, 0) is 11.6 Å². The molecule has 0 radical (unpaired) electrons. The van der Waals surface area contributed by atoms with Gasteiger partial charge in [-0.3, -0.25) is 9.78 Å². The molecule has 2 aromatic heterocycles. The molecular weight excluding hydrogens is 316 g/mol. The minimum atomic E-state index is -0.839. The smallest absolute Gasteiger partial charge is 0.340 e. The molecule has 0 amide bonds. The van der Waals surface area contributed by atoms with E-state index >= 15 is 0 Å². The van der Waals surface area contributed by atoms with Crippen LogP contribution in [-0.2, 0) is 16.1 Å². The summed E-state index contributed by atoms with van der Waals surface area (Å²) in [6, 6.07) is 4.48. The van der Waals surface area contributed by atoms with Crippen LogP contribution in [0.25, 0.3) is 0 Å². The van der Waals surface area contributed by atoms with Gasteiger partial charge in [0, 0.05) is 18.5 Å². The summed E-state index contributed by atoms with van der Waals surface area (Å²) in [6.45, 7) is -0.477. The Balaban J connectivity index is 2.30. The maximum absolute atomic E-state index is 12.2. The number of hydrogen-bond acceptors (Lipinski definition) is 8. The van der Waals surface area contributed by atoms with Crippen molar-refractivity contribution < 1.29 is 23.8 Å². The molecule has 1 atom stereocenters. The van der Waals surface area contributed by atoms with Crippen LogP contribution in [0.2, 0.25) is 0 Å². The number of nitrogens with zero attached hydrogens (tertiary/aromatic N) is 1. The lowest BCUT2D eigenvalue weighted by atomic mass is 9.87. The predicted molar refractivity (Wildman–Crippen MR) is 80.8 cm³/mol. The van der Waals surface area contributed by atoms with Gasteiger partial charge in [-0.2, -0.15) is 0 Å². The van der Waals surface area contributed by atoms with Crippen molar-refractivity contribution in [3.05, 3.63) is 69.4 Å². The van der Waals surface area contributed by atoms with E-state index in [0.717, 1.165) is 6.07 Å². The molecular formula is C16H14N2O6. The summed E-state index contributed by atoms with van der Waals surface area (Å²) in [5, 5.41) is 9.28. The molecule has 24 heavy (non-hydrogen) atoms. The summed E-state index contributed by atoms with van der Waals surface area (Å²) in [5.74, 6) is -1.83. The second-order valence-electron chi connectivity index (χ2n) is 5.02. The van der Waals surface area contributed by atoms with Crippen LogP contribution in [0.5, 0.6) is 5.75 Å². The van der Waals surface area contributed by atoms with Crippen molar-refractivity contribution in [1.29, 1.82) is 0 Å². The quantitative estimate of drug-likeness (QED) is 0.775. The van der Waals surface area contributed by atoms with E-state index in [1.54, 1.807) is 18.3 Å². The van der Waals surface area contributed by atoms with E-state index in [1.807, 2.05) is 0 Å². The first-order valence-corrected chi connectivity index (χ1v) is 7.00. The molecule has 8 nitrogen and oxygen atoms in total. The van der Waals surface area contributed by atoms with E-state index in [1.165, 1.54) is 13.3 Å². The van der Waals surface area contributed by atoms with Gasteiger partial charge >= 0.3 is 5.97 Å². The molecule has 1 aliphatic heterocycles. The zero-order valence-electron chi connectivity index (χ0n) is 12.7. The Hall–Kier alpha value is -3.13. The van der Waals surface area contributed by atoms with E-state index in [-0.39, 0.29) is 28.7 Å². The van der Waals surface area contributed by atoms with Crippen molar-refractivity contribution in [3.63, 3.8) is 0 Å². The lowest BCUT2D eigenvalue weighted by Gasteiger charge is -2.26. The third-order valence-electron chi connectivity index (χ3n) is 3.59. The van der Waals surface area contributed by atoms with E-state index in [4.69, 9.17) is 19.6 Å². The second-order valence-corrected chi connectivity index (χ2v) is 5.02. The van der Waals surface area contributed by atoms with Gasteiger partial charge in [-0.1, -0.05) is 6.07 Å². The average Bonchev–Trinajstić information content (AvgIpc) is 2.61. The molecule has 0 spiro atoms. The first kappa shape index (κ1) is 15.8. The largest absolute Gasteiger partial charge is 0.465 e. The number of esters is 1. The van der Waals surface area contributed by atoms with Crippen LogP contribution in [0.3, 0.4) is 0 Å². The molecule has 2 aromatic rings. The zero-order valence-corrected chi connectivity index (χ0v) is 12.7. The zero-order chi connectivity index (χ0) is 17.3. The van der Waals surface area contributed by atoms with E-state index in [0.29, 0.717) is 5.56 Å². The molecule has 0 saturated heterocycles. The molecule has 0 unspecified atom stereocenters. The number of hydrogen-bond donors (Lipinski definition) is 2. The average molecular weight is 330 g/mol. The molecule has 0 saturated carbocycles. The number of fused-ring (bicyclic) bond motifs is 1. The van der Waals surface area contributed by atoms with Crippen LogP contribution in [0.15, 0.2) is 51.3 Å². The van der Waals surface area contributed by atoms with Gasteiger partial charge in [0.05, 0.1) is 13.0 Å². The van der Waals surface area contributed by atoms with Crippen LogP contribution in [0.4, 0.5) is 0 Å². The molecule has 1 aliphatic rings. The summed E-state index contributed by atoms with van der Waals surface area (Å²) >= 11 is 0. The van der Waals surface area contributed by atoms with Crippen molar-refractivity contribution in [1.82, 2.24) is 4.98 Å². The van der Waals surface area contributed by atoms with Crippen LogP contribution in [-0.4, -0.2) is 23.2 Å². The molecule has 8 heteroatoms. The fourth-order valence-corrected chi connectivity index (χ4v) is 2.55. The third-order valence-corrected chi connectivity index (χ3v) is 3.59. The van der Waals surface area contributed by atoms with Crippen molar-refractivity contribution >= 4 is 5.97 Å². The van der Waals surface area contributed by atoms with Gasteiger partial charge in [0.25, 0.3) is 0 Å². The SMILES string of the molecule is COC(=O)C1=C(N)Oc2c(oc(CO)cc2=O)[C@@H]1c1cccnc1. The summed E-state index contributed by atoms with van der Waals surface area (Å²) in [7, 11) is 1.21. The van der Waals surface area contributed by atoms with Crippen molar-refractivity contribution in [2.24, 2.45) is 5.73 Å². The number of methoxy groups -OCH3 is 1. The first-order chi connectivity index (χ1) is 11.6. The fraction of sp³-hybridized carbons (Fsp3) is 0.188. The number of aliphatic hydroxyl groups is 1. The fourth-order valence-electron chi connectivity index (χ4n) is 2.55. The molecule has 3 rings (SSSR count). The predicted octanol–water partition coefficient (Wildman–Crippen LogP) is 0.395. The van der Waals surface area contributed by atoms with Crippen LogP contribution in [0, 0.1) is 0 Å². The highest BCUT2D eigenvalue weighted by Crippen LogP contribution is 2.41. The standard InChI is InChI=1S/C16H14N2O6/c1-22-16(21)12-11(8-3-2-4-18-6-8)14-13(24-15(12)17)10(20)5-9(7-19)23-14/h2-6,11,19H,7,17H2,1H3/t11-/m1/s1. The normalized spacial score (nSPS) is 16.3. The van der Waals surface area contributed by atoms with Gasteiger partial charge in [0.1, 0.15) is 17.9 Å². The number of rotatable bonds is 3. The van der Waals surface area contributed by atoms with E-state index in [2.05, 4.69) is 4.98 Å². The number of ether oxygens (including phenoxy) is 2. The highest BCUT2D eigenvalue weighted by molar-refractivity contribution is 5.92. The monoisotopic (exact) mass is 330 g/mol. The number of aliphatic hydroxyl groups excluding tert-OH is 1. The number of nitrogens with two attached hydrogens (primary N) is 1. The minimum Gasteiger partial charge on any atom is -0.465 e. The number of aromatic nitrogens is 1. The van der Waals surface area contributed by atoms with Gasteiger partial charge in [0.15, 0.2) is 5.76 Å². The maximum atomic E-state index is 12.2. The van der Waals surface area contributed by atoms with Gasteiger partial charge in [-0.25, -0.2) is 4.79 Å². The van der Waals surface area contributed by atoms with Gasteiger partial charge in [0.2, 0.25) is 17.1 Å². The van der Waals surface area contributed by atoms with Crippen LogP contribution >= 0.6 is 0 Å². The third kappa shape index (κ3) is 2.52. The summed E-state index contributed by atoms with van der Waals surface area (Å²) in [4.78, 5) is 28.4. The molecule has 3 heterocycles. The molecule has 3 N–H and O–H groups in total. The number of carbonyl (C=O) groups is 1. The minimum absolute atomic E-state index is 0.00348. The van der Waals surface area contributed by atoms with Crippen molar-refractivity contribution in [2.75, 3.05) is 7.11 Å². The Kier molecular flexibility index (Phi) is 4.05. The molecule has 0 bridgehead atoms. The molecule has 0 aliphatic carbocycles. The van der Waals surface area contributed by atoms with Gasteiger partial charge < -0.3 is 24.7 Å². The van der Waals surface area contributed by atoms with Crippen molar-refractivity contribution in [3.8, 4) is 5.75 Å². The number of pyridine rings is 1. The Morgan fingerprint density at radius 1 is 1.50 bits per heavy atom. The Bertz CT molecular complexity index is 872. The Morgan fingerprint density at radius 2 is 2.29 bits per heavy atom. The number of carbonyl (C=O) groups excluding carboxylic acids is 1. The Morgan fingerprint density at radius 3 is 2.92 bits per heavy atom. The van der Waals surface area contributed by atoms with Crippen molar-refractivity contribution in [2.45, 2.75) is 12.5 Å². The molecule has 124 valence electrons. The Labute approximate surface area is 136 Å². The maximum Gasteiger partial charge on any atom is 0.340 e. The van der Waals surface area contributed by atoms with Gasteiger partial charge in [-0.15, -0.1) is 0 Å². The van der Waals surface area contributed by atoms with Crippen LogP contribution < -0.4 is 15.9 Å². The van der Waals surface area contributed by atoms with Crippen LogP contribution in [0.1, 0.15) is 23.0 Å². The summed E-state index contributed by atoms with van der Waals surface area (Å²) < 4.78 is 15.6. The summed E-state index contributed by atoms with van der Waals surface area (Å²) in [5.41, 5.74) is 5.89. The summed E-state index contributed by atoms with van der Waals surface area (Å²) in [6.07, 6.45) is 3.08. The highest BCUT2D eigenvalue weighted by atomic mass is 16.5. The van der Waals surface area contributed by atoms with E-state index < -0.39 is 23.9 Å². The lowest BCUT2D eigenvalue weighted by Crippen LogP contribution is -2.29. The highest BCUT2D eigenvalue weighted by Gasteiger charge is 2.39. The second kappa shape index (κ2) is 6.17. The lowest BCUT2D eigenvalue weighted by molar-refractivity contribution is -0.136. The molecule has 0 aromatic carbocycles.